The Hall–Kier alpha value is -1.42. The van der Waals surface area contributed by atoms with E-state index in [1.807, 2.05) is 0 Å². The van der Waals surface area contributed by atoms with E-state index in [0.29, 0.717) is 5.56 Å². The zero-order valence-electron chi connectivity index (χ0n) is 7.74. The number of hydrogen-bond acceptors (Lipinski definition) is 2. The highest BCUT2D eigenvalue weighted by molar-refractivity contribution is 5.71. The van der Waals surface area contributed by atoms with Crippen LogP contribution in [-0.2, 0) is 16.1 Å². The molecular weight excluding hydrogens is 187 g/mol. The lowest BCUT2D eigenvalue weighted by Crippen LogP contribution is -2.19. The molecule has 0 heterocycles. The van der Waals surface area contributed by atoms with E-state index in [1.54, 1.807) is 18.2 Å². The molecule has 1 aromatic carbocycles. The van der Waals surface area contributed by atoms with Gasteiger partial charge < -0.3 is 9.84 Å². The van der Waals surface area contributed by atoms with Gasteiger partial charge in [0.2, 0.25) is 0 Å². The van der Waals surface area contributed by atoms with Crippen molar-refractivity contribution in [2.45, 2.75) is 19.6 Å². The number of hydrogen-bond donors (Lipinski definition) is 1. The summed E-state index contributed by atoms with van der Waals surface area (Å²) in [6.45, 7) is 1.38. The highest BCUT2D eigenvalue weighted by Crippen LogP contribution is 2.08. The summed E-state index contributed by atoms with van der Waals surface area (Å²) in [4.78, 5) is 10.4. The second-order valence-electron chi connectivity index (χ2n) is 2.88. The van der Waals surface area contributed by atoms with Crippen LogP contribution in [-0.4, -0.2) is 17.2 Å². The number of halogens is 1. The maximum absolute atomic E-state index is 13.0. The summed E-state index contributed by atoms with van der Waals surface area (Å²) in [5.74, 6) is -1.44. The molecule has 1 aromatic rings. The summed E-state index contributed by atoms with van der Waals surface area (Å²) in [5.41, 5.74) is 0.362. The van der Waals surface area contributed by atoms with E-state index in [1.165, 1.54) is 13.0 Å². The lowest BCUT2D eigenvalue weighted by Gasteiger charge is -2.08. The quantitative estimate of drug-likeness (QED) is 0.802. The average Bonchev–Trinajstić information content (AvgIpc) is 2.16. The van der Waals surface area contributed by atoms with E-state index in [2.05, 4.69) is 0 Å². The maximum atomic E-state index is 13.0. The molecule has 76 valence electrons. The normalized spacial score (nSPS) is 12.4. The van der Waals surface area contributed by atoms with Crippen LogP contribution in [0.3, 0.4) is 0 Å². The number of rotatable bonds is 4. The zero-order chi connectivity index (χ0) is 10.6. The third kappa shape index (κ3) is 2.81. The minimum absolute atomic E-state index is 0.0276. The van der Waals surface area contributed by atoms with Gasteiger partial charge in [-0.2, -0.15) is 0 Å². The van der Waals surface area contributed by atoms with Gasteiger partial charge in [0.15, 0.2) is 6.10 Å². The number of aliphatic carboxylic acids is 1. The van der Waals surface area contributed by atoms with Crippen molar-refractivity contribution in [3.8, 4) is 0 Å². The van der Waals surface area contributed by atoms with Gasteiger partial charge in [-0.15, -0.1) is 0 Å². The first-order valence-corrected chi connectivity index (χ1v) is 4.19. The van der Waals surface area contributed by atoms with E-state index < -0.39 is 12.1 Å². The molecule has 0 fully saturated rings. The van der Waals surface area contributed by atoms with Crippen LogP contribution in [0, 0.1) is 5.82 Å². The molecule has 0 saturated heterocycles. The first-order valence-electron chi connectivity index (χ1n) is 4.19. The van der Waals surface area contributed by atoms with Crippen molar-refractivity contribution in [1.29, 1.82) is 0 Å². The summed E-state index contributed by atoms with van der Waals surface area (Å²) in [5, 5.41) is 8.51. The fraction of sp³-hybridized carbons (Fsp3) is 0.300. The first-order chi connectivity index (χ1) is 6.61. The number of carboxylic acids is 1. The molecule has 0 aliphatic carbocycles. The lowest BCUT2D eigenvalue weighted by atomic mass is 10.2. The van der Waals surface area contributed by atoms with Crippen LogP contribution >= 0.6 is 0 Å². The van der Waals surface area contributed by atoms with Crippen molar-refractivity contribution in [2.75, 3.05) is 0 Å². The van der Waals surface area contributed by atoms with Crippen LogP contribution in [0.15, 0.2) is 24.3 Å². The van der Waals surface area contributed by atoms with E-state index in [4.69, 9.17) is 9.84 Å². The van der Waals surface area contributed by atoms with Crippen molar-refractivity contribution < 1.29 is 19.0 Å². The molecule has 0 aliphatic rings. The van der Waals surface area contributed by atoms with Crippen LogP contribution in [0.1, 0.15) is 12.5 Å². The van der Waals surface area contributed by atoms with E-state index in [-0.39, 0.29) is 12.4 Å². The van der Waals surface area contributed by atoms with E-state index in [9.17, 15) is 9.18 Å². The average molecular weight is 198 g/mol. The third-order valence-electron chi connectivity index (χ3n) is 1.79. The summed E-state index contributed by atoms with van der Waals surface area (Å²) in [6.07, 6.45) is -0.922. The first kappa shape index (κ1) is 10.7. The summed E-state index contributed by atoms with van der Waals surface area (Å²) >= 11 is 0. The Morgan fingerprint density at radius 2 is 2.21 bits per heavy atom. The Bertz CT molecular complexity index is 325. The van der Waals surface area contributed by atoms with Crippen molar-refractivity contribution >= 4 is 5.97 Å². The highest BCUT2D eigenvalue weighted by atomic mass is 19.1. The van der Waals surface area contributed by atoms with E-state index >= 15 is 0 Å². The molecule has 4 heteroatoms. The molecule has 0 radical (unpaired) electrons. The van der Waals surface area contributed by atoms with Gasteiger partial charge in [0.1, 0.15) is 5.82 Å². The Kier molecular flexibility index (Phi) is 3.59. The van der Waals surface area contributed by atoms with Gasteiger partial charge in [-0.1, -0.05) is 18.2 Å². The molecule has 0 unspecified atom stereocenters. The number of benzene rings is 1. The predicted molar refractivity (Wildman–Crippen MR) is 48.3 cm³/mol. The third-order valence-corrected chi connectivity index (χ3v) is 1.79. The smallest absolute Gasteiger partial charge is 0.332 e. The predicted octanol–water partition coefficient (Wildman–Crippen LogP) is 1.82. The Morgan fingerprint density at radius 1 is 1.57 bits per heavy atom. The second-order valence-corrected chi connectivity index (χ2v) is 2.88. The van der Waals surface area contributed by atoms with Crippen LogP contribution < -0.4 is 0 Å². The molecule has 0 spiro atoms. The SMILES string of the molecule is C[C@H](OCc1ccccc1F)C(=O)O. The molecule has 0 amide bonds. The van der Waals surface area contributed by atoms with Gasteiger partial charge >= 0.3 is 5.97 Å². The summed E-state index contributed by atoms with van der Waals surface area (Å²) in [7, 11) is 0. The summed E-state index contributed by atoms with van der Waals surface area (Å²) in [6, 6.07) is 6.11. The molecule has 0 bridgehead atoms. The minimum atomic E-state index is -1.05. The number of carbonyl (C=O) groups is 1. The van der Waals surface area contributed by atoms with Crippen molar-refractivity contribution in [3.05, 3.63) is 35.6 Å². The molecule has 1 atom stereocenters. The van der Waals surface area contributed by atoms with Crippen LogP contribution in [0.25, 0.3) is 0 Å². The van der Waals surface area contributed by atoms with Crippen molar-refractivity contribution in [1.82, 2.24) is 0 Å². The van der Waals surface area contributed by atoms with Gasteiger partial charge in [0.25, 0.3) is 0 Å². The topological polar surface area (TPSA) is 46.5 Å². The van der Waals surface area contributed by atoms with Crippen molar-refractivity contribution in [2.24, 2.45) is 0 Å². The van der Waals surface area contributed by atoms with Crippen LogP contribution in [0.5, 0.6) is 0 Å². The minimum Gasteiger partial charge on any atom is -0.479 e. The van der Waals surface area contributed by atoms with Crippen LogP contribution in [0.2, 0.25) is 0 Å². The fourth-order valence-electron chi connectivity index (χ4n) is 0.902. The van der Waals surface area contributed by atoms with Crippen molar-refractivity contribution in [3.63, 3.8) is 0 Å². The Morgan fingerprint density at radius 3 is 2.79 bits per heavy atom. The highest BCUT2D eigenvalue weighted by Gasteiger charge is 2.11. The molecule has 0 aromatic heterocycles. The summed E-state index contributed by atoms with van der Waals surface area (Å²) < 4.78 is 17.9. The maximum Gasteiger partial charge on any atom is 0.332 e. The van der Waals surface area contributed by atoms with E-state index in [0.717, 1.165) is 0 Å². The number of carboxylic acid groups (broad SMARTS) is 1. The molecule has 0 saturated carbocycles. The molecule has 3 nitrogen and oxygen atoms in total. The largest absolute Gasteiger partial charge is 0.479 e. The fourth-order valence-corrected chi connectivity index (χ4v) is 0.902. The molecule has 0 aliphatic heterocycles. The molecule has 1 N–H and O–H groups in total. The number of ether oxygens (including phenoxy) is 1. The molecule has 14 heavy (non-hydrogen) atoms. The second kappa shape index (κ2) is 4.72. The standard InChI is InChI=1S/C10H11FO3/c1-7(10(12)13)14-6-8-4-2-3-5-9(8)11/h2-5,7H,6H2,1H3,(H,12,13)/t7-/m0/s1. The monoisotopic (exact) mass is 198 g/mol. The Labute approximate surface area is 81.1 Å². The van der Waals surface area contributed by atoms with Gasteiger partial charge in [-0.3, -0.25) is 0 Å². The Balaban J connectivity index is 2.54. The van der Waals surface area contributed by atoms with Gasteiger partial charge in [0, 0.05) is 5.56 Å². The molecular formula is C10H11FO3. The van der Waals surface area contributed by atoms with Crippen LogP contribution in [0.4, 0.5) is 4.39 Å². The van der Waals surface area contributed by atoms with Gasteiger partial charge in [-0.05, 0) is 13.0 Å². The van der Waals surface area contributed by atoms with Gasteiger partial charge in [-0.25, -0.2) is 9.18 Å². The zero-order valence-corrected chi connectivity index (χ0v) is 7.74. The molecule has 1 rings (SSSR count). The van der Waals surface area contributed by atoms with Gasteiger partial charge in [0.05, 0.1) is 6.61 Å². The lowest BCUT2D eigenvalue weighted by molar-refractivity contribution is -0.149.